The van der Waals surface area contributed by atoms with E-state index in [0.717, 1.165) is 18.2 Å². The maximum Gasteiger partial charge on any atom is 0.418 e. The van der Waals surface area contributed by atoms with Gasteiger partial charge in [0.2, 0.25) is 5.95 Å². The van der Waals surface area contributed by atoms with Crippen LogP contribution in [0.3, 0.4) is 0 Å². The highest BCUT2D eigenvalue weighted by Crippen LogP contribution is 2.37. The van der Waals surface area contributed by atoms with Crippen LogP contribution in [-0.4, -0.2) is 32.7 Å². The Morgan fingerprint density at radius 1 is 1.10 bits per heavy atom. The highest BCUT2D eigenvalue weighted by molar-refractivity contribution is 5.69. The van der Waals surface area contributed by atoms with Crippen molar-refractivity contribution in [3.05, 3.63) is 60.2 Å². The Morgan fingerprint density at radius 3 is 2.48 bits per heavy atom. The van der Waals surface area contributed by atoms with Gasteiger partial charge in [0.05, 0.1) is 23.6 Å². The minimum Gasteiger partial charge on any atom is -0.394 e. The Balaban J connectivity index is 2.07. The van der Waals surface area contributed by atoms with E-state index in [-0.39, 0.29) is 18.4 Å². The summed E-state index contributed by atoms with van der Waals surface area (Å²) in [4.78, 5) is 12.3. The molecule has 152 valence electrons. The van der Waals surface area contributed by atoms with Crippen LogP contribution in [-0.2, 0) is 6.18 Å². The van der Waals surface area contributed by atoms with Crippen molar-refractivity contribution >= 4 is 17.5 Å². The van der Waals surface area contributed by atoms with Crippen molar-refractivity contribution in [2.24, 2.45) is 0 Å². The second-order valence-corrected chi connectivity index (χ2v) is 6.21. The average Bonchev–Trinajstić information content (AvgIpc) is 2.69. The van der Waals surface area contributed by atoms with Gasteiger partial charge in [-0.3, -0.25) is 4.98 Å². The minimum atomic E-state index is -4.75. The zero-order valence-electron chi connectivity index (χ0n) is 15.2. The van der Waals surface area contributed by atoms with Gasteiger partial charge in [-0.15, -0.1) is 0 Å². The molecular formula is C19H17F4N5O. The molecule has 0 saturated carbocycles. The molecule has 3 aromatic rings. The molecule has 6 nitrogen and oxygen atoms in total. The summed E-state index contributed by atoms with van der Waals surface area (Å²) in [6, 6.07) is 7.01. The summed E-state index contributed by atoms with van der Waals surface area (Å²) in [6.45, 7) is 1.46. The first kappa shape index (κ1) is 20.5. The van der Waals surface area contributed by atoms with Crippen LogP contribution in [0.1, 0.15) is 12.5 Å². The van der Waals surface area contributed by atoms with Gasteiger partial charge in [-0.05, 0) is 31.2 Å². The van der Waals surface area contributed by atoms with Gasteiger partial charge in [0.15, 0.2) is 0 Å². The number of nitrogens with one attached hydrogen (secondary N) is 2. The summed E-state index contributed by atoms with van der Waals surface area (Å²) in [6.07, 6.45) is -1.68. The lowest BCUT2D eigenvalue weighted by molar-refractivity contribution is -0.137. The zero-order valence-corrected chi connectivity index (χ0v) is 15.2. The molecule has 1 atom stereocenters. The highest BCUT2D eigenvalue weighted by atomic mass is 19.4. The number of aliphatic hydroxyl groups is 1. The van der Waals surface area contributed by atoms with Gasteiger partial charge < -0.3 is 15.7 Å². The first-order chi connectivity index (χ1) is 13.8. The summed E-state index contributed by atoms with van der Waals surface area (Å²) in [5, 5.41) is 14.5. The van der Waals surface area contributed by atoms with Gasteiger partial charge in [-0.1, -0.05) is 6.07 Å². The molecule has 3 N–H and O–H groups in total. The lowest BCUT2D eigenvalue weighted by atomic mass is 10.1. The SMILES string of the molecule is C[C@@H](CO)Nc1nc(Nc2c(F)cccc2C(F)(F)F)cc(-c2ccncc2)n1. The number of para-hydroxylation sites is 1. The molecule has 0 aliphatic heterocycles. The summed E-state index contributed by atoms with van der Waals surface area (Å²) in [5.74, 6) is -1.05. The van der Waals surface area contributed by atoms with E-state index in [9.17, 15) is 22.7 Å². The number of hydrogen-bond acceptors (Lipinski definition) is 6. The number of pyridine rings is 1. The summed E-state index contributed by atoms with van der Waals surface area (Å²) in [5.41, 5.74) is -0.877. The van der Waals surface area contributed by atoms with Crippen LogP contribution in [0, 0.1) is 5.82 Å². The lowest BCUT2D eigenvalue weighted by Crippen LogP contribution is -2.21. The predicted octanol–water partition coefficient (Wildman–Crippen LogP) is 4.23. The molecule has 0 aliphatic rings. The molecule has 0 radical (unpaired) electrons. The largest absolute Gasteiger partial charge is 0.418 e. The van der Waals surface area contributed by atoms with Crippen molar-refractivity contribution in [2.75, 3.05) is 17.2 Å². The third-order valence-corrected chi connectivity index (χ3v) is 3.92. The second kappa shape index (κ2) is 8.39. The molecule has 0 fully saturated rings. The zero-order chi connectivity index (χ0) is 21.0. The fourth-order valence-corrected chi connectivity index (χ4v) is 2.53. The van der Waals surface area contributed by atoms with Gasteiger partial charge in [0.1, 0.15) is 11.6 Å². The van der Waals surface area contributed by atoms with Crippen molar-refractivity contribution in [3.63, 3.8) is 0 Å². The number of anilines is 3. The molecule has 0 spiro atoms. The number of benzene rings is 1. The second-order valence-electron chi connectivity index (χ2n) is 6.21. The third kappa shape index (κ3) is 4.96. The molecule has 10 heteroatoms. The molecule has 2 aromatic heterocycles. The van der Waals surface area contributed by atoms with Crippen LogP contribution in [0.5, 0.6) is 0 Å². The van der Waals surface area contributed by atoms with Crippen molar-refractivity contribution in [1.82, 2.24) is 15.0 Å². The third-order valence-electron chi connectivity index (χ3n) is 3.92. The number of alkyl halides is 3. The Hall–Kier alpha value is -3.27. The van der Waals surface area contributed by atoms with E-state index in [2.05, 4.69) is 25.6 Å². The number of aliphatic hydroxyl groups excluding tert-OH is 1. The quantitative estimate of drug-likeness (QED) is 0.531. The van der Waals surface area contributed by atoms with Crippen LogP contribution < -0.4 is 10.6 Å². The fraction of sp³-hybridized carbons (Fsp3) is 0.211. The van der Waals surface area contributed by atoms with Crippen LogP contribution in [0.25, 0.3) is 11.3 Å². The van der Waals surface area contributed by atoms with Crippen molar-refractivity contribution in [2.45, 2.75) is 19.1 Å². The van der Waals surface area contributed by atoms with E-state index < -0.39 is 29.3 Å². The monoisotopic (exact) mass is 407 g/mol. The van der Waals surface area contributed by atoms with E-state index in [1.165, 1.54) is 18.5 Å². The number of halogens is 4. The first-order valence-corrected chi connectivity index (χ1v) is 8.57. The Labute approximate surface area is 163 Å². The topological polar surface area (TPSA) is 83.0 Å². The minimum absolute atomic E-state index is 0.0462. The Bertz CT molecular complexity index is 982. The van der Waals surface area contributed by atoms with E-state index in [0.29, 0.717) is 11.3 Å². The van der Waals surface area contributed by atoms with E-state index in [1.807, 2.05) is 0 Å². The highest BCUT2D eigenvalue weighted by Gasteiger charge is 2.35. The van der Waals surface area contributed by atoms with Gasteiger partial charge in [0, 0.05) is 30.1 Å². The summed E-state index contributed by atoms with van der Waals surface area (Å²) >= 11 is 0. The van der Waals surface area contributed by atoms with Crippen molar-refractivity contribution < 1.29 is 22.7 Å². The molecule has 1 aromatic carbocycles. The van der Waals surface area contributed by atoms with E-state index >= 15 is 0 Å². The standard InChI is InChI=1S/C19H17F4N5O/c1-11(10-29)25-18-26-15(12-5-7-24-8-6-12)9-16(28-18)27-17-13(19(21,22)23)3-2-4-14(17)20/h2-9,11,29H,10H2,1H3,(H2,25,26,27,28)/t11-/m0/s1. The molecule has 29 heavy (non-hydrogen) atoms. The number of nitrogens with zero attached hydrogens (tertiary/aromatic N) is 3. The van der Waals surface area contributed by atoms with Gasteiger partial charge in [-0.25, -0.2) is 9.37 Å². The van der Waals surface area contributed by atoms with Crippen LogP contribution in [0.4, 0.5) is 35.0 Å². The molecule has 2 heterocycles. The maximum atomic E-state index is 14.2. The van der Waals surface area contributed by atoms with Crippen LogP contribution >= 0.6 is 0 Å². The fourth-order valence-electron chi connectivity index (χ4n) is 2.53. The first-order valence-electron chi connectivity index (χ1n) is 8.57. The van der Waals surface area contributed by atoms with Gasteiger partial charge in [-0.2, -0.15) is 18.2 Å². The van der Waals surface area contributed by atoms with Gasteiger partial charge >= 0.3 is 6.18 Å². The van der Waals surface area contributed by atoms with Crippen LogP contribution in [0.15, 0.2) is 48.8 Å². The summed E-state index contributed by atoms with van der Waals surface area (Å²) < 4.78 is 54.0. The predicted molar refractivity (Wildman–Crippen MR) is 100 cm³/mol. The molecule has 0 saturated heterocycles. The maximum absolute atomic E-state index is 14.2. The lowest BCUT2D eigenvalue weighted by Gasteiger charge is -2.17. The molecule has 0 amide bonds. The molecule has 0 aliphatic carbocycles. The summed E-state index contributed by atoms with van der Waals surface area (Å²) in [7, 11) is 0. The van der Waals surface area contributed by atoms with E-state index in [4.69, 9.17) is 0 Å². The number of hydrogen-bond donors (Lipinski definition) is 3. The number of rotatable bonds is 6. The van der Waals surface area contributed by atoms with Gasteiger partial charge in [0.25, 0.3) is 0 Å². The van der Waals surface area contributed by atoms with E-state index in [1.54, 1.807) is 19.1 Å². The van der Waals surface area contributed by atoms with Crippen LogP contribution in [0.2, 0.25) is 0 Å². The molecular weight excluding hydrogens is 390 g/mol. The normalized spacial score (nSPS) is 12.5. The molecule has 3 rings (SSSR count). The number of aromatic nitrogens is 3. The van der Waals surface area contributed by atoms with Crippen molar-refractivity contribution in [1.29, 1.82) is 0 Å². The average molecular weight is 407 g/mol. The Morgan fingerprint density at radius 2 is 1.83 bits per heavy atom. The Kier molecular flexibility index (Phi) is 5.92. The molecule has 0 bridgehead atoms. The molecule has 0 unspecified atom stereocenters. The van der Waals surface area contributed by atoms with Crippen molar-refractivity contribution in [3.8, 4) is 11.3 Å². The smallest absolute Gasteiger partial charge is 0.394 e.